The predicted molar refractivity (Wildman–Crippen MR) is 88.3 cm³/mol. The molecule has 0 aliphatic carbocycles. The number of thiophene rings is 1. The van der Waals surface area contributed by atoms with E-state index in [4.69, 9.17) is 5.73 Å². The summed E-state index contributed by atoms with van der Waals surface area (Å²) < 4.78 is 0. The van der Waals surface area contributed by atoms with Gasteiger partial charge in [-0.25, -0.2) is 0 Å². The molecule has 0 spiro atoms. The van der Waals surface area contributed by atoms with Crippen LogP contribution in [0.4, 0.5) is 0 Å². The van der Waals surface area contributed by atoms with E-state index in [1.807, 2.05) is 16.3 Å². The number of nitrogens with zero attached hydrogens (tertiary/aromatic N) is 2. The van der Waals surface area contributed by atoms with Gasteiger partial charge in [-0.1, -0.05) is 6.07 Å². The molecule has 1 aliphatic heterocycles. The molecule has 1 atom stereocenters. The van der Waals surface area contributed by atoms with E-state index in [-0.39, 0.29) is 17.5 Å². The van der Waals surface area contributed by atoms with Crippen molar-refractivity contribution < 1.29 is 9.59 Å². The van der Waals surface area contributed by atoms with Crippen molar-refractivity contribution in [2.75, 3.05) is 13.1 Å². The maximum Gasteiger partial charge on any atom is 0.269 e. The number of nitrogens with two attached hydrogens (primary N) is 1. The molecule has 6 nitrogen and oxygen atoms in total. The summed E-state index contributed by atoms with van der Waals surface area (Å²) in [6.45, 7) is 1.47. The lowest BCUT2D eigenvalue weighted by Gasteiger charge is -2.32. The lowest BCUT2D eigenvalue weighted by atomic mass is 9.94. The van der Waals surface area contributed by atoms with Crippen molar-refractivity contribution in [2.24, 2.45) is 5.73 Å². The highest BCUT2D eigenvalue weighted by Gasteiger charge is 2.26. The second-order valence-electron chi connectivity index (χ2n) is 5.83. The Kier molecular flexibility index (Phi) is 4.76. The molecule has 1 aliphatic rings. The minimum atomic E-state index is -0.535. The van der Waals surface area contributed by atoms with Crippen LogP contribution in [0, 0.1) is 0 Å². The molecule has 122 valence electrons. The number of rotatable bonds is 5. The van der Waals surface area contributed by atoms with E-state index < -0.39 is 5.91 Å². The van der Waals surface area contributed by atoms with Crippen molar-refractivity contribution in [2.45, 2.75) is 31.6 Å². The molecule has 3 heterocycles. The molecule has 3 rings (SSSR count). The van der Waals surface area contributed by atoms with Gasteiger partial charge in [0, 0.05) is 36.0 Å². The van der Waals surface area contributed by atoms with Crippen LogP contribution in [0.5, 0.6) is 0 Å². The van der Waals surface area contributed by atoms with Crippen molar-refractivity contribution >= 4 is 23.2 Å². The first kappa shape index (κ1) is 15.7. The highest BCUT2D eigenvalue weighted by molar-refractivity contribution is 7.09. The van der Waals surface area contributed by atoms with Crippen molar-refractivity contribution in [3.05, 3.63) is 39.8 Å². The summed E-state index contributed by atoms with van der Waals surface area (Å²) in [7, 11) is 0. The average Bonchev–Trinajstić information content (AvgIpc) is 3.24. The number of carbonyl (C=O) groups excluding carboxylic acids is 2. The summed E-state index contributed by atoms with van der Waals surface area (Å²) in [5.74, 6) is -0.153. The predicted octanol–water partition coefficient (Wildman–Crippen LogP) is 1.91. The van der Waals surface area contributed by atoms with Crippen molar-refractivity contribution in [1.29, 1.82) is 0 Å². The number of nitrogens with one attached hydrogen (secondary N) is 1. The third kappa shape index (κ3) is 3.79. The second kappa shape index (κ2) is 6.95. The van der Waals surface area contributed by atoms with E-state index in [0.29, 0.717) is 13.0 Å². The van der Waals surface area contributed by atoms with Gasteiger partial charge in [0.25, 0.3) is 5.91 Å². The van der Waals surface area contributed by atoms with Gasteiger partial charge >= 0.3 is 0 Å². The smallest absolute Gasteiger partial charge is 0.269 e. The van der Waals surface area contributed by atoms with Gasteiger partial charge in [-0.15, -0.1) is 11.3 Å². The Morgan fingerprint density at radius 1 is 1.48 bits per heavy atom. The number of primary amides is 1. The van der Waals surface area contributed by atoms with E-state index in [0.717, 1.165) is 31.5 Å². The van der Waals surface area contributed by atoms with E-state index in [2.05, 4.69) is 16.3 Å². The third-order valence-electron chi connectivity index (χ3n) is 4.23. The molecule has 1 fully saturated rings. The number of aromatic nitrogens is 2. The van der Waals surface area contributed by atoms with Crippen LogP contribution in [0.2, 0.25) is 0 Å². The number of likely N-dealkylation sites (tertiary alicyclic amines) is 1. The van der Waals surface area contributed by atoms with Gasteiger partial charge in [0.05, 0.1) is 0 Å². The van der Waals surface area contributed by atoms with Crippen LogP contribution in [0.1, 0.15) is 46.2 Å². The van der Waals surface area contributed by atoms with Gasteiger partial charge in [-0.3, -0.25) is 14.7 Å². The summed E-state index contributed by atoms with van der Waals surface area (Å²) in [4.78, 5) is 26.7. The van der Waals surface area contributed by atoms with Crippen LogP contribution in [-0.4, -0.2) is 40.0 Å². The SMILES string of the molecule is NC(=O)c1cc([C@H]2CCCN(C(=O)CCc3cccs3)C2)[nH]n1. The summed E-state index contributed by atoms with van der Waals surface area (Å²) >= 11 is 1.69. The summed E-state index contributed by atoms with van der Waals surface area (Å²) in [6, 6.07) is 5.77. The van der Waals surface area contributed by atoms with E-state index in [1.165, 1.54) is 4.88 Å². The Bertz CT molecular complexity index is 680. The Morgan fingerprint density at radius 2 is 2.35 bits per heavy atom. The molecule has 0 saturated carbocycles. The first-order chi connectivity index (χ1) is 11.1. The summed E-state index contributed by atoms with van der Waals surface area (Å²) in [5.41, 5.74) is 6.37. The van der Waals surface area contributed by atoms with Gasteiger partial charge in [-0.05, 0) is 36.8 Å². The second-order valence-corrected chi connectivity index (χ2v) is 6.86. The maximum absolute atomic E-state index is 12.4. The largest absolute Gasteiger partial charge is 0.364 e. The molecule has 2 aromatic heterocycles. The molecular weight excluding hydrogens is 312 g/mol. The molecule has 23 heavy (non-hydrogen) atoms. The van der Waals surface area contributed by atoms with Gasteiger partial charge < -0.3 is 10.6 Å². The first-order valence-corrected chi connectivity index (χ1v) is 8.66. The standard InChI is InChI=1S/C16H20N4O2S/c17-16(22)14-9-13(18-19-14)11-3-1-7-20(10-11)15(21)6-5-12-4-2-8-23-12/h2,4,8-9,11H,1,3,5-7,10H2,(H2,17,22)(H,18,19)/t11-/m0/s1. The van der Waals surface area contributed by atoms with E-state index in [1.54, 1.807) is 17.4 Å². The number of piperidine rings is 1. The fourth-order valence-corrected chi connectivity index (χ4v) is 3.68. The zero-order valence-electron chi connectivity index (χ0n) is 12.8. The molecule has 3 N–H and O–H groups in total. The lowest BCUT2D eigenvalue weighted by Crippen LogP contribution is -2.39. The summed E-state index contributed by atoms with van der Waals surface area (Å²) in [6.07, 6.45) is 3.28. The highest BCUT2D eigenvalue weighted by Crippen LogP contribution is 2.26. The Hall–Kier alpha value is -2.15. The van der Waals surface area contributed by atoms with Crippen LogP contribution in [-0.2, 0) is 11.2 Å². The number of hydrogen-bond acceptors (Lipinski definition) is 4. The van der Waals surface area contributed by atoms with Gasteiger partial charge in [-0.2, -0.15) is 5.10 Å². The van der Waals surface area contributed by atoms with Crippen molar-refractivity contribution in [3.63, 3.8) is 0 Å². The van der Waals surface area contributed by atoms with Crippen LogP contribution in [0.3, 0.4) is 0 Å². The Morgan fingerprint density at radius 3 is 3.04 bits per heavy atom. The molecular formula is C16H20N4O2S. The minimum absolute atomic E-state index is 0.190. The van der Waals surface area contributed by atoms with Gasteiger partial charge in [0.15, 0.2) is 0 Å². The van der Waals surface area contributed by atoms with E-state index in [9.17, 15) is 9.59 Å². The molecule has 7 heteroatoms. The van der Waals surface area contributed by atoms with Crippen LogP contribution < -0.4 is 5.73 Å². The number of carbonyl (C=O) groups is 2. The lowest BCUT2D eigenvalue weighted by molar-refractivity contribution is -0.132. The van der Waals surface area contributed by atoms with Crippen molar-refractivity contribution in [3.8, 4) is 0 Å². The molecule has 0 bridgehead atoms. The number of aryl methyl sites for hydroxylation is 1. The third-order valence-corrected chi connectivity index (χ3v) is 5.17. The number of aromatic amines is 1. The van der Waals surface area contributed by atoms with Crippen LogP contribution in [0.25, 0.3) is 0 Å². The van der Waals surface area contributed by atoms with Crippen LogP contribution in [0.15, 0.2) is 23.6 Å². The minimum Gasteiger partial charge on any atom is -0.364 e. The molecule has 0 unspecified atom stereocenters. The molecule has 0 aromatic carbocycles. The van der Waals surface area contributed by atoms with E-state index >= 15 is 0 Å². The molecule has 2 aromatic rings. The Labute approximate surface area is 138 Å². The zero-order valence-corrected chi connectivity index (χ0v) is 13.6. The molecule has 2 amide bonds. The molecule has 0 radical (unpaired) electrons. The first-order valence-electron chi connectivity index (χ1n) is 7.78. The average molecular weight is 332 g/mol. The van der Waals surface area contributed by atoms with Crippen LogP contribution >= 0.6 is 11.3 Å². The number of hydrogen-bond donors (Lipinski definition) is 2. The van der Waals surface area contributed by atoms with Gasteiger partial charge in [0.2, 0.25) is 5.91 Å². The number of H-pyrrole nitrogens is 1. The fourth-order valence-electron chi connectivity index (χ4n) is 2.97. The molecule has 1 saturated heterocycles. The fraction of sp³-hybridized carbons (Fsp3) is 0.438. The number of amides is 2. The normalized spacial score (nSPS) is 18.1. The van der Waals surface area contributed by atoms with Crippen molar-refractivity contribution in [1.82, 2.24) is 15.1 Å². The zero-order chi connectivity index (χ0) is 16.2. The Balaban J connectivity index is 1.58. The summed E-state index contributed by atoms with van der Waals surface area (Å²) in [5, 5.41) is 8.85. The maximum atomic E-state index is 12.4. The quantitative estimate of drug-likeness (QED) is 0.876. The highest BCUT2D eigenvalue weighted by atomic mass is 32.1. The van der Waals surface area contributed by atoms with Gasteiger partial charge in [0.1, 0.15) is 5.69 Å². The topological polar surface area (TPSA) is 92.1 Å². The monoisotopic (exact) mass is 332 g/mol.